The Morgan fingerprint density at radius 3 is 2.94 bits per heavy atom. The van der Waals surface area contributed by atoms with Gasteiger partial charge in [-0.3, -0.25) is 4.79 Å². The Hall–Kier alpha value is -1.39. The molecule has 1 saturated heterocycles. The molecule has 2 aliphatic rings. The van der Waals surface area contributed by atoms with Crippen LogP contribution in [0.2, 0.25) is 0 Å². The van der Waals surface area contributed by atoms with Crippen molar-refractivity contribution in [2.45, 2.75) is 11.8 Å². The van der Waals surface area contributed by atoms with Crippen molar-refractivity contribution in [2.24, 2.45) is 0 Å². The lowest BCUT2D eigenvalue weighted by Crippen LogP contribution is -2.52. The van der Waals surface area contributed by atoms with Gasteiger partial charge < -0.3 is 15.4 Å². The van der Waals surface area contributed by atoms with Gasteiger partial charge in [0.05, 0.1) is 25.0 Å². The lowest BCUT2D eigenvalue weighted by molar-refractivity contribution is -0.115. The number of nitrogens with one attached hydrogen (secondary N) is 2. The van der Waals surface area contributed by atoms with Crippen molar-refractivity contribution in [3.63, 3.8) is 0 Å². The number of carbonyl (C=O) groups is 1. The maximum atomic E-state index is 11.3. The van der Waals surface area contributed by atoms with E-state index in [9.17, 15) is 4.79 Å². The van der Waals surface area contributed by atoms with Crippen LogP contribution in [0.15, 0.2) is 18.2 Å². The molecule has 2 aliphatic heterocycles. The summed E-state index contributed by atoms with van der Waals surface area (Å²) in [7, 11) is 1.96. The molecule has 0 aliphatic carbocycles. The Labute approximate surface area is 100 Å². The SMILES string of the molecule is CNCC1(c2ccc3c(c2)CC(=O)N3)COC1. The van der Waals surface area contributed by atoms with Crippen LogP contribution in [0.5, 0.6) is 0 Å². The lowest BCUT2D eigenvalue weighted by Gasteiger charge is -2.42. The highest BCUT2D eigenvalue weighted by molar-refractivity contribution is 5.99. The standard InChI is InChI=1S/C13H16N2O2/c1-14-6-13(7-17-8-13)10-2-3-11-9(4-10)5-12(16)15-11/h2-4,14H,5-8H2,1H3,(H,15,16). The number of hydrogen-bond acceptors (Lipinski definition) is 3. The third kappa shape index (κ3) is 1.64. The van der Waals surface area contributed by atoms with Crippen LogP contribution < -0.4 is 10.6 Å². The molecule has 3 rings (SSSR count). The minimum absolute atomic E-state index is 0.0877. The molecule has 0 bridgehead atoms. The van der Waals surface area contributed by atoms with Gasteiger partial charge in [-0.1, -0.05) is 12.1 Å². The largest absolute Gasteiger partial charge is 0.379 e. The number of ether oxygens (including phenoxy) is 1. The molecule has 2 heterocycles. The molecule has 0 aromatic heterocycles. The van der Waals surface area contributed by atoms with E-state index in [1.54, 1.807) is 0 Å². The van der Waals surface area contributed by atoms with E-state index < -0.39 is 0 Å². The molecule has 1 aromatic carbocycles. The number of carbonyl (C=O) groups excluding carboxylic acids is 1. The van der Waals surface area contributed by atoms with Gasteiger partial charge in [0.15, 0.2) is 0 Å². The Morgan fingerprint density at radius 2 is 2.29 bits per heavy atom. The zero-order valence-corrected chi connectivity index (χ0v) is 9.88. The van der Waals surface area contributed by atoms with E-state index in [1.807, 2.05) is 13.1 Å². The van der Waals surface area contributed by atoms with Crippen molar-refractivity contribution >= 4 is 11.6 Å². The summed E-state index contributed by atoms with van der Waals surface area (Å²) >= 11 is 0. The second-order valence-electron chi connectivity index (χ2n) is 4.90. The van der Waals surface area contributed by atoms with E-state index >= 15 is 0 Å². The first-order valence-electron chi connectivity index (χ1n) is 5.89. The highest BCUT2D eigenvalue weighted by Gasteiger charge is 2.40. The predicted octanol–water partition coefficient (Wildman–Crippen LogP) is 0.669. The fraction of sp³-hybridized carbons (Fsp3) is 0.462. The molecule has 90 valence electrons. The Balaban J connectivity index is 1.94. The minimum Gasteiger partial charge on any atom is -0.379 e. The van der Waals surface area contributed by atoms with Gasteiger partial charge in [0.1, 0.15) is 0 Å². The molecule has 0 saturated carbocycles. The molecule has 1 aromatic rings. The molecule has 1 fully saturated rings. The number of rotatable bonds is 3. The van der Waals surface area contributed by atoms with E-state index in [1.165, 1.54) is 5.56 Å². The van der Waals surface area contributed by atoms with Gasteiger partial charge in [0, 0.05) is 12.2 Å². The summed E-state index contributed by atoms with van der Waals surface area (Å²) in [4.78, 5) is 11.3. The summed E-state index contributed by atoms with van der Waals surface area (Å²) in [5.74, 6) is 0.0877. The first-order chi connectivity index (χ1) is 8.23. The molecule has 2 N–H and O–H groups in total. The fourth-order valence-corrected chi connectivity index (χ4v) is 2.62. The van der Waals surface area contributed by atoms with Crippen LogP contribution in [0.4, 0.5) is 5.69 Å². The predicted molar refractivity (Wildman–Crippen MR) is 65.2 cm³/mol. The maximum absolute atomic E-state index is 11.3. The third-order valence-electron chi connectivity index (χ3n) is 3.61. The summed E-state index contributed by atoms with van der Waals surface area (Å²) < 4.78 is 5.36. The second kappa shape index (κ2) is 3.82. The molecule has 0 unspecified atom stereocenters. The van der Waals surface area contributed by atoms with Crippen LogP contribution in [0, 0.1) is 0 Å². The number of benzene rings is 1. The van der Waals surface area contributed by atoms with E-state index in [4.69, 9.17) is 4.74 Å². The molecule has 4 heteroatoms. The molecule has 0 radical (unpaired) electrons. The number of anilines is 1. The van der Waals surface area contributed by atoms with Crippen LogP contribution in [0.3, 0.4) is 0 Å². The van der Waals surface area contributed by atoms with E-state index in [-0.39, 0.29) is 11.3 Å². The van der Waals surface area contributed by atoms with Crippen molar-refractivity contribution in [1.29, 1.82) is 0 Å². The maximum Gasteiger partial charge on any atom is 0.228 e. The van der Waals surface area contributed by atoms with Crippen LogP contribution in [-0.4, -0.2) is 32.7 Å². The lowest BCUT2D eigenvalue weighted by atomic mass is 9.78. The highest BCUT2D eigenvalue weighted by Crippen LogP contribution is 2.35. The second-order valence-corrected chi connectivity index (χ2v) is 4.90. The number of amides is 1. The normalized spacial score (nSPS) is 20.6. The van der Waals surface area contributed by atoms with Crippen LogP contribution >= 0.6 is 0 Å². The summed E-state index contributed by atoms with van der Waals surface area (Å²) in [6.45, 7) is 2.43. The smallest absolute Gasteiger partial charge is 0.228 e. The molecule has 0 spiro atoms. The molecular formula is C13H16N2O2. The van der Waals surface area contributed by atoms with Crippen LogP contribution in [0.1, 0.15) is 11.1 Å². The summed E-state index contributed by atoms with van der Waals surface area (Å²) in [6.07, 6.45) is 0.500. The average molecular weight is 232 g/mol. The first-order valence-corrected chi connectivity index (χ1v) is 5.89. The van der Waals surface area contributed by atoms with Gasteiger partial charge in [0.25, 0.3) is 0 Å². The highest BCUT2D eigenvalue weighted by atomic mass is 16.5. The van der Waals surface area contributed by atoms with E-state index in [0.717, 1.165) is 31.0 Å². The molecular weight excluding hydrogens is 216 g/mol. The van der Waals surface area contributed by atoms with Crippen molar-refractivity contribution in [3.05, 3.63) is 29.3 Å². The summed E-state index contributed by atoms with van der Waals surface area (Å²) in [5, 5.41) is 6.08. The van der Waals surface area contributed by atoms with Gasteiger partial charge in [-0.15, -0.1) is 0 Å². The number of hydrogen-bond donors (Lipinski definition) is 2. The first kappa shape index (κ1) is 10.7. The van der Waals surface area contributed by atoms with E-state index in [2.05, 4.69) is 22.8 Å². The zero-order valence-electron chi connectivity index (χ0n) is 9.88. The van der Waals surface area contributed by atoms with Crippen LogP contribution in [-0.2, 0) is 21.4 Å². The molecule has 17 heavy (non-hydrogen) atoms. The van der Waals surface area contributed by atoms with Crippen LogP contribution in [0.25, 0.3) is 0 Å². The number of likely N-dealkylation sites (N-methyl/N-ethyl adjacent to an activating group) is 1. The van der Waals surface area contributed by atoms with Gasteiger partial charge in [0.2, 0.25) is 5.91 Å². The van der Waals surface area contributed by atoms with Gasteiger partial charge in [-0.25, -0.2) is 0 Å². The van der Waals surface area contributed by atoms with Crippen molar-refractivity contribution < 1.29 is 9.53 Å². The summed E-state index contributed by atoms with van der Waals surface area (Å²) in [6, 6.07) is 6.25. The minimum atomic E-state index is 0.0877. The quantitative estimate of drug-likeness (QED) is 0.805. The average Bonchev–Trinajstić information content (AvgIpc) is 2.62. The molecule has 1 amide bonds. The third-order valence-corrected chi connectivity index (χ3v) is 3.61. The Kier molecular flexibility index (Phi) is 2.42. The van der Waals surface area contributed by atoms with E-state index in [0.29, 0.717) is 6.42 Å². The molecule has 0 atom stereocenters. The fourth-order valence-electron chi connectivity index (χ4n) is 2.62. The summed E-state index contributed by atoms with van der Waals surface area (Å²) in [5.41, 5.74) is 3.43. The van der Waals surface area contributed by atoms with Crippen molar-refractivity contribution in [2.75, 3.05) is 32.1 Å². The Morgan fingerprint density at radius 1 is 1.47 bits per heavy atom. The zero-order chi connectivity index (χ0) is 11.9. The Bertz CT molecular complexity index is 466. The van der Waals surface area contributed by atoms with Crippen molar-refractivity contribution in [3.8, 4) is 0 Å². The number of fused-ring (bicyclic) bond motifs is 1. The molecule has 4 nitrogen and oxygen atoms in total. The van der Waals surface area contributed by atoms with Gasteiger partial charge in [-0.05, 0) is 24.2 Å². The monoisotopic (exact) mass is 232 g/mol. The van der Waals surface area contributed by atoms with Gasteiger partial charge in [-0.2, -0.15) is 0 Å². The topological polar surface area (TPSA) is 50.4 Å². The van der Waals surface area contributed by atoms with Crippen molar-refractivity contribution in [1.82, 2.24) is 5.32 Å². The van der Waals surface area contributed by atoms with Gasteiger partial charge >= 0.3 is 0 Å².